The maximum atomic E-state index is 13.5. The van der Waals surface area contributed by atoms with Crippen molar-refractivity contribution in [2.75, 3.05) is 23.7 Å². The van der Waals surface area contributed by atoms with Crippen molar-refractivity contribution in [1.82, 2.24) is 9.88 Å². The number of nitrogens with zero attached hydrogens (tertiary/aromatic N) is 2. The van der Waals surface area contributed by atoms with E-state index in [0.29, 0.717) is 24.5 Å². The number of thiophene rings is 1. The summed E-state index contributed by atoms with van der Waals surface area (Å²) in [5.41, 5.74) is 3.10. The van der Waals surface area contributed by atoms with Crippen LogP contribution in [-0.4, -0.2) is 44.0 Å². The molecule has 42 heavy (non-hydrogen) atoms. The molecule has 0 unspecified atom stereocenters. The molecule has 3 aromatic carbocycles. The Labute approximate surface area is 248 Å². The zero-order valence-corrected chi connectivity index (χ0v) is 24.5. The lowest BCUT2D eigenvalue weighted by atomic mass is 10.0. The van der Waals surface area contributed by atoms with Crippen LogP contribution in [0.15, 0.2) is 77.7 Å². The number of sulfonamides is 1. The van der Waals surface area contributed by atoms with Crippen LogP contribution in [0.1, 0.15) is 20.8 Å². The summed E-state index contributed by atoms with van der Waals surface area (Å²) in [4.78, 5) is 33.0. The van der Waals surface area contributed by atoms with Crippen LogP contribution in [0.3, 0.4) is 0 Å². The van der Waals surface area contributed by atoms with Crippen LogP contribution in [0.4, 0.5) is 19.9 Å². The first kappa shape index (κ1) is 27.8. The normalized spacial score (nSPS) is 13.0. The summed E-state index contributed by atoms with van der Waals surface area (Å²) in [7, 11) is -2.65. The third-order valence-corrected chi connectivity index (χ3v) is 10.3. The molecule has 9 nitrogen and oxygen atoms in total. The van der Waals surface area contributed by atoms with E-state index >= 15 is 0 Å². The Balaban J connectivity index is 1.32. The van der Waals surface area contributed by atoms with Gasteiger partial charge in [0.1, 0.15) is 15.8 Å². The number of halogens is 1. The summed E-state index contributed by atoms with van der Waals surface area (Å²) < 4.78 is 47.2. The molecule has 0 fully saturated rings. The first-order valence-electron chi connectivity index (χ1n) is 12.7. The highest BCUT2D eigenvalue weighted by molar-refractivity contribution is 7.92. The fourth-order valence-corrected chi connectivity index (χ4v) is 8.13. The molecule has 0 spiro atoms. The zero-order chi connectivity index (χ0) is 29.4. The molecular weight excluding hydrogens is 600 g/mol. The van der Waals surface area contributed by atoms with Crippen molar-refractivity contribution in [3.63, 3.8) is 0 Å². The van der Waals surface area contributed by atoms with Crippen LogP contribution in [0.2, 0.25) is 0 Å². The predicted molar refractivity (Wildman–Crippen MR) is 161 cm³/mol. The van der Waals surface area contributed by atoms with E-state index in [2.05, 4.69) is 10.0 Å². The van der Waals surface area contributed by atoms with E-state index < -0.39 is 27.8 Å². The molecule has 3 heterocycles. The summed E-state index contributed by atoms with van der Waals surface area (Å²) >= 11 is 2.90. The molecule has 6 rings (SSSR count). The number of anilines is 2. The summed E-state index contributed by atoms with van der Waals surface area (Å²) in [6, 6.07) is 18.3. The molecule has 0 atom stereocenters. The quantitative estimate of drug-likeness (QED) is 0.228. The highest BCUT2D eigenvalue weighted by atomic mass is 32.2. The third kappa shape index (κ3) is 5.45. The monoisotopic (exact) mass is 622 g/mol. The van der Waals surface area contributed by atoms with E-state index in [1.807, 2.05) is 24.3 Å². The number of ether oxygens (including phenoxy) is 1. The van der Waals surface area contributed by atoms with Gasteiger partial charge in [-0.1, -0.05) is 18.2 Å². The summed E-state index contributed by atoms with van der Waals surface area (Å²) in [5.74, 6) is -0.991. The van der Waals surface area contributed by atoms with Crippen molar-refractivity contribution < 1.29 is 27.1 Å². The first-order chi connectivity index (χ1) is 20.2. The van der Waals surface area contributed by atoms with Crippen molar-refractivity contribution in [2.24, 2.45) is 0 Å². The van der Waals surface area contributed by atoms with Crippen LogP contribution in [0.5, 0.6) is 0 Å². The molecule has 214 valence electrons. The van der Waals surface area contributed by atoms with E-state index in [1.54, 1.807) is 17.0 Å². The molecular formula is C29H23FN4O5S3. The number of hydrogen-bond acceptors (Lipinski definition) is 8. The van der Waals surface area contributed by atoms with Crippen molar-refractivity contribution in [2.45, 2.75) is 17.9 Å². The van der Waals surface area contributed by atoms with E-state index in [4.69, 9.17) is 9.72 Å². The van der Waals surface area contributed by atoms with Gasteiger partial charge in [-0.05, 0) is 66.6 Å². The molecule has 2 amide bonds. The van der Waals surface area contributed by atoms with Crippen molar-refractivity contribution in [1.29, 1.82) is 0 Å². The minimum absolute atomic E-state index is 0.107. The van der Waals surface area contributed by atoms with E-state index in [1.165, 1.54) is 41.9 Å². The molecule has 1 aliphatic heterocycles. The molecule has 0 bridgehead atoms. The third-order valence-electron chi connectivity index (χ3n) is 6.73. The Morgan fingerprint density at radius 2 is 1.81 bits per heavy atom. The van der Waals surface area contributed by atoms with Gasteiger partial charge in [-0.15, -0.1) is 22.7 Å². The number of para-hydroxylation sites is 1. The fraction of sp³-hybridized carbons (Fsp3) is 0.138. The Kier molecular flexibility index (Phi) is 7.39. The zero-order valence-electron chi connectivity index (χ0n) is 22.1. The predicted octanol–water partition coefficient (Wildman–Crippen LogP) is 6.34. The number of hydrogen-bond donors (Lipinski definition) is 2. The average Bonchev–Trinajstić information content (AvgIpc) is 3.57. The minimum atomic E-state index is -4.00. The van der Waals surface area contributed by atoms with Crippen LogP contribution >= 0.6 is 22.7 Å². The number of methoxy groups -OCH3 is 1. The largest absolute Gasteiger partial charge is 0.453 e. The van der Waals surface area contributed by atoms with E-state index in [9.17, 15) is 22.4 Å². The van der Waals surface area contributed by atoms with Crippen LogP contribution in [0.25, 0.3) is 20.8 Å². The van der Waals surface area contributed by atoms with E-state index in [-0.39, 0.29) is 16.1 Å². The lowest BCUT2D eigenvalue weighted by Crippen LogP contribution is -2.35. The average molecular weight is 623 g/mol. The van der Waals surface area contributed by atoms with Gasteiger partial charge in [-0.25, -0.2) is 22.6 Å². The SMILES string of the molecule is COC(=O)N1CCc2c(sc(NC(=O)c3cccc(NS(=O)(=O)c4ccc(F)cc4)c3)c2-c2nc3ccccc3s2)C1. The molecule has 13 heteroatoms. The van der Waals surface area contributed by atoms with Crippen molar-refractivity contribution in [3.05, 3.63) is 94.6 Å². The summed E-state index contributed by atoms with van der Waals surface area (Å²) in [6.07, 6.45) is 0.156. The first-order valence-corrected chi connectivity index (χ1v) is 15.9. The fourth-order valence-electron chi connectivity index (χ4n) is 4.71. The lowest BCUT2D eigenvalue weighted by molar-refractivity contribution is 0.102. The van der Waals surface area contributed by atoms with Gasteiger partial charge in [0.05, 0.1) is 28.8 Å². The van der Waals surface area contributed by atoms with Crippen LogP contribution < -0.4 is 10.0 Å². The molecule has 0 radical (unpaired) electrons. The molecule has 2 aromatic heterocycles. The Morgan fingerprint density at radius 3 is 2.57 bits per heavy atom. The lowest BCUT2D eigenvalue weighted by Gasteiger charge is -2.25. The Morgan fingerprint density at radius 1 is 1.02 bits per heavy atom. The number of aromatic nitrogens is 1. The highest BCUT2D eigenvalue weighted by Crippen LogP contribution is 2.46. The van der Waals surface area contributed by atoms with Crippen LogP contribution in [-0.2, 0) is 27.7 Å². The van der Waals surface area contributed by atoms with Crippen LogP contribution in [0, 0.1) is 5.82 Å². The van der Waals surface area contributed by atoms with Gasteiger partial charge in [-0.2, -0.15) is 0 Å². The maximum absolute atomic E-state index is 13.5. The smallest absolute Gasteiger partial charge is 0.409 e. The van der Waals surface area contributed by atoms with Gasteiger partial charge in [0.2, 0.25) is 0 Å². The summed E-state index contributed by atoms with van der Waals surface area (Å²) in [6.45, 7) is 0.818. The topological polar surface area (TPSA) is 118 Å². The number of amides is 2. The number of fused-ring (bicyclic) bond motifs is 2. The maximum Gasteiger partial charge on any atom is 0.409 e. The van der Waals surface area contributed by atoms with Crippen molar-refractivity contribution >= 4 is 65.6 Å². The van der Waals surface area contributed by atoms with Gasteiger partial charge < -0.3 is 15.0 Å². The van der Waals surface area contributed by atoms with Gasteiger partial charge >= 0.3 is 6.09 Å². The second-order valence-corrected chi connectivity index (χ2v) is 13.2. The summed E-state index contributed by atoms with van der Waals surface area (Å²) in [5, 5.41) is 4.36. The molecule has 0 saturated heterocycles. The standard InChI is InChI=1S/C29H23FN4O5S3/c1-39-29(36)34-14-13-21-24(16-34)41-28(25(21)27-31-22-7-2-3-8-23(22)40-27)32-26(35)17-5-4-6-19(15-17)33-42(37,38)20-11-9-18(30)10-12-20/h2-12,15,33H,13-14,16H2,1H3,(H,32,35). The van der Waals surface area contributed by atoms with Gasteiger partial charge in [-0.3, -0.25) is 9.52 Å². The van der Waals surface area contributed by atoms with E-state index in [0.717, 1.165) is 55.5 Å². The molecule has 0 aliphatic carbocycles. The number of benzene rings is 3. The molecule has 1 aliphatic rings. The number of carbonyl (C=O) groups excluding carboxylic acids is 2. The second-order valence-electron chi connectivity index (χ2n) is 9.43. The highest BCUT2D eigenvalue weighted by Gasteiger charge is 2.30. The number of thiazole rings is 1. The molecule has 0 saturated carbocycles. The molecule has 5 aromatic rings. The number of nitrogens with one attached hydrogen (secondary N) is 2. The minimum Gasteiger partial charge on any atom is -0.453 e. The molecule has 2 N–H and O–H groups in total. The van der Waals surface area contributed by atoms with Gasteiger partial charge in [0, 0.05) is 28.2 Å². The van der Waals surface area contributed by atoms with Gasteiger partial charge in [0.15, 0.2) is 0 Å². The number of rotatable bonds is 6. The van der Waals surface area contributed by atoms with Gasteiger partial charge in [0.25, 0.3) is 15.9 Å². The Bertz CT molecular complexity index is 1900. The van der Waals surface area contributed by atoms with Crippen molar-refractivity contribution in [3.8, 4) is 10.6 Å². The second kappa shape index (κ2) is 11.2. The Hall–Kier alpha value is -4.33. The number of carbonyl (C=O) groups is 2.